The summed E-state index contributed by atoms with van der Waals surface area (Å²) in [4.78, 5) is 2.34. The molecule has 1 saturated heterocycles. The van der Waals surface area contributed by atoms with E-state index in [-0.39, 0.29) is 12.4 Å². The molecule has 1 N–H and O–H groups in total. The van der Waals surface area contributed by atoms with Crippen molar-refractivity contribution in [2.24, 2.45) is 0 Å². The molecule has 110 valence electrons. The fourth-order valence-corrected chi connectivity index (χ4v) is 3.72. The van der Waals surface area contributed by atoms with Crippen molar-refractivity contribution >= 4 is 22.2 Å². The lowest BCUT2D eigenvalue weighted by molar-refractivity contribution is 0.161. The van der Waals surface area contributed by atoms with Crippen LogP contribution in [0.15, 0.2) is 0 Å². The number of halogens is 1. The molecule has 1 aliphatic heterocycles. The Morgan fingerprint density at radius 3 is 2.56 bits per heavy atom. The molecule has 1 heterocycles. The van der Waals surface area contributed by atoms with E-state index < -0.39 is 9.84 Å². The maximum atomic E-state index is 11.7. The maximum absolute atomic E-state index is 11.7. The number of hydrogen-bond acceptors (Lipinski definition) is 4. The molecule has 4 nitrogen and oxygen atoms in total. The second-order valence-electron chi connectivity index (χ2n) is 4.83. The third-order valence-electron chi connectivity index (χ3n) is 3.30. The Morgan fingerprint density at radius 1 is 1.22 bits per heavy atom. The van der Waals surface area contributed by atoms with Crippen LogP contribution in [0.5, 0.6) is 0 Å². The van der Waals surface area contributed by atoms with Gasteiger partial charge >= 0.3 is 0 Å². The zero-order valence-corrected chi connectivity index (χ0v) is 13.2. The van der Waals surface area contributed by atoms with Crippen LogP contribution in [-0.2, 0) is 9.84 Å². The van der Waals surface area contributed by atoms with Gasteiger partial charge in [-0.05, 0) is 12.8 Å². The summed E-state index contributed by atoms with van der Waals surface area (Å²) in [6, 6.07) is 0.519. The first-order valence-corrected chi connectivity index (χ1v) is 8.56. The molecule has 1 unspecified atom stereocenters. The van der Waals surface area contributed by atoms with Crippen molar-refractivity contribution in [1.29, 1.82) is 0 Å². The average Bonchev–Trinajstić information content (AvgIpc) is 2.28. The summed E-state index contributed by atoms with van der Waals surface area (Å²) in [6.45, 7) is 7.76. The van der Waals surface area contributed by atoms with Crippen LogP contribution in [0.1, 0.15) is 33.1 Å². The number of nitrogens with one attached hydrogen (secondary N) is 1. The van der Waals surface area contributed by atoms with Gasteiger partial charge in [-0.2, -0.15) is 0 Å². The Balaban J connectivity index is 0.00000289. The molecular weight excluding hydrogens is 272 g/mol. The van der Waals surface area contributed by atoms with Crippen LogP contribution in [0.4, 0.5) is 0 Å². The summed E-state index contributed by atoms with van der Waals surface area (Å²) < 4.78 is 23.4. The Kier molecular flexibility index (Phi) is 9.21. The minimum absolute atomic E-state index is 0. The Hall–Kier alpha value is 0.160. The smallest absolute Gasteiger partial charge is 0.151 e. The lowest BCUT2D eigenvalue weighted by Crippen LogP contribution is -2.52. The summed E-state index contributed by atoms with van der Waals surface area (Å²) in [6.07, 6.45) is 3.04. The highest BCUT2D eigenvalue weighted by atomic mass is 35.5. The van der Waals surface area contributed by atoms with Crippen molar-refractivity contribution in [3.8, 4) is 0 Å². The first-order chi connectivity index (χ1) is 8.09. The molecule has 1 atom stereocenters. The first kappa shape index (κ1) is 18.2. The summed E-state index contributed by atoms with van der Waals surface area (Å²) in [5.41, 5.74) is 0. The largest absolute Gasteiger partial charge is 0.314 e. The molecular formula is C12H27ClN2O2S. The molecule has 0 aromatic heterocycles. The number of hydrogen-bond donors (Lipinski definition) is 1. The SMILES string of the molecule is CCCC1CNCCN1CCS(=O)(=O)CCC.Cl. The second-order valence-corrected chi connectivity index (χ2v) is 7.14. The van der Waals surface area contributed by atoms with Crippen molar-refractivity contribution in [1.82, 2.24) is 10.2 Å². The third kappa shape index (κ3) is 6.36. The van der Waals surface area contributed by atoms with E-state index in [4.69, 9.17) is 0 Å². The first-order valence-electron chi connectivity index (χ1n) is 6.74. The fraction of sp³-hybridized carbons (Fsp3) is 1.00. The Morgan fingerprint density at radius 2 is 1.94 bits per heavy atom. The van der Waals surface area contributed by atoms with E-state index in [1.54, 1.807) is 0 Å². The highest BCUT2D eigenvalue weighted by Crippen LogP contribution is 2.10. The van der Waals surface area contributed by atoms with E-state index in [2.05, 4.69) is 17.1 Å². The van der Waals surface area contributed by atoms with E-state index >= 15 is 0 Å². The molecule has 0 aromatic carbocycles. The van der Waals surface area contributed by atoms with Crippen LogP contribution in [0, 0.1) is 0 Å². The fourth-order valence-electron chi connectivity index (χ4n) is 2.38. The minimum Gasteiger partial charge on any atom is -0.314 e. The standard InChI is InChI=1S/C12H26N2O2S.ClH/c1-3-5-12-11-13-6-7-14(12)8-10-17(15,16)9-4-2;/h12-13H,3-11H2,1-2H3;1H. The molecule has 1 rings (SSSR count). The molecule has 0 radical (unpaired) electrons. The van der Waals surface area contributed by atoms with Gasteiger partial charge in [0.2, 0.25) is 0 Å². The normalized spacial score (nSPS) is 21.6. The highest BCUT2D eigenvalue weighted by molar-refractivity contribution is 7.91. The number of sulfone groups is 1. The molecule has 0 aromatic rings. The molecule has 6 heteroatoms. The summed E-state index contributed by atoms with van der Waals surface area (Å²) in [5, 5.41) is 3.38. The van der Waals surface area contributed by atoms with Gasteiger partial charge in [-0.15, -0.1) is 12.4 Å². The van der Waals surface area contributed by atoms with Crippen molar-refractivity contribution < 1.29 is 8.42 Å². The predicted octanol–water partition coefficient (Wildman–Crippen LogP) is 1.31. The molecule has 1 fully saturated rings. The van der Waals surface area contributed by atoms with E-state index in [9.17, 15) is 8.42 Å². The van der Waals surface area contributed by atoms with E-state index in [1.807, 2.05) is 6.92 Å². The van der Waals surface area contributed by atoms with Crippen LogP contribution in [0.25, 0.3) is 0 Å². The van der Waals surface area contributed by atoms with Gasteiger partial charge in [-0.3, -0.25) is 4.90 Å². The zero-order chi connectivity index (χ0) is 12.7. The highest BCUT2D eigenvalue weighted by Gasteiger charge is 2.22. The number of piperazine rings is 1. The second kappa shape index (κ2) is 9.13. The molecule has 0 saturated carbocycles. The third-order valence-corrected chi connectivity index (χ3v) is 5.13. The van der Waals surface area contributed by atoms with Crippen molar-refractivity contribution in [3.63, 3.8) is 0 Å². The summed E-state index contributed by atoms with van der Waals surface area (Å²) in [5.74, 6) is 0.651. The van der Waals surface area contributed by atoms with Crippen molar-refractivity contribution in [2.45, 2.75) is 39.2 Å². The topological polar surface area (TPSA) is 49.4 Å². The lowest BCUT2D eigenvalue weighted by Gasteiger charge is -2.36. The molecule has 18 heavy (non-hydrogen) atoms. The number of rotatable bonds is 7. The van der Waals surface area contributed by atoms with Gasteiger partial charge in [0.25, 0.3) is 0 Å². The van der Waals surface area contributed by atoms with Crippen LogP contribution < -0.4 is 5.32 Å². The molecule has 1 aliphatic rings. The van der Waals surface area contributed by atoms with Crippen molar-refractivity contribution in [3.05, 3.63) is 0 Å². The van der Waals surface area contributed by atoms with Crippen LogP contribution in [-0.4, -0.2) is 57.0 Å². The van der Waals surface area contributed by atoms with Gasteiger partial charge < -0.3 is 5.32 Å². The van der Waals surface area contributed by atoms with Gasteiger partial charge in [0, 0.05) is 38.0 Å². The number of nitrogens with zero attached hydrogens (tertiary/aromatic N) is 1. The quantitative estimate of drug-likeness (QED) is 0.770. The zero-order valence-electron chi connectivity index (χ0n) is 11.5. The average molecular weight is 299 g/mol. The van der Waals surface area contributed by atoms with Gasteiger partial charge in [0.05, 0.1) is 5.75 Å². The van der Waals surface area contributed by atoms with E-state index in [0.717, 1.165) is 38.9 Å². The lowest BCUT2D eigenvalue weighted by atomic mass is 10.1. The van der Waals surface area contributed by atoms with Gasteiger partial charge in [-0.1, -0.05) is 20.3 Å². The molecule has 0 spiro atoms. The molecule has 0 bridgehead atoms. The van der Waals surface area contributed by atoms with Crippen LogP contribution in [0.2, 0.25) is 0 Å². The summed E-state index contributed by atoms with van der Waals surface area (Å²) in [7, 11) is -2.83. The molecule has 0 amide bonds. The monoisotopic (exact) mass is 298 g/mol. The van der Waals surface area contributed by atoms with Crippen molar-refractivity contribution in [2.75, 3.05) is 37.7 Å². The van der Waals surface area contributed by atoms with Gasteiger partial charge in [-0.25, -0.2) is 8.42 Å². The minimum atomic E-state index is -2.83. The van der Waals surface area contributed by atoms with Gasteiger partial charge in [0.1, 0.15) is 0 Å². The Bertz CT molecular complexity index is 307. The van der Waals surface area contributed by atoms with Crippen LogP contribution >= 0.6 is 12.4 Å². The molecule has 0 aliphatic carbocycles. The van der Waals surface area contributed by atoms with E-state index in [1.165, 1.54) is 0 Å². The predicted molar refractivity (Wildman–Crippen MR) is 79.3 cm³/mol. The Labute approximate surface area is 118 Å². The summed E-state index contributed by atoms with van der Waals surface area (Å²) >= 11 is 0. The van der Waals surface area contributed by atoms with E-state index in [0.29, 0.717) is 24.1 Å². The van der Waals surface area contributed by atoms with Gasteiger partial charge in [0.15, 0.2) is 9.84 Å². The van der Waals surface area contributed by atoms with Crippen LogP contribution in [0.3, 0.4) is 0 Å². The maximum Gasteiger partial charge on any atom is 0.151 e.